The molecule has 4 atom stereocenters. The van der Waals surface area contributed by atoms with Crippen LogP contribution >= 0.6 is 11.6 Å². The van der Waals surface area contributed by atoms with E-state index in [-0.39, 0.29) is 37.3 Å². The van der Waals surface area contributed by atoms with Crippen molar-refractivity contribution in [2.45, 2.75) is 51.3 Å². The average molecular weight is 480 g/mol. The van der Waals surface area contributed by atoms with Gasteiger partial charge in [-0.2, -0.15) is 0 Å². The van der Waals surface area contributed by atoms with E-state index in [1.807, 2.05) is 13.8 Å². The first-order valence-corrected chi connectivity index (χ1v) is 11.5. The molecule has 0 bridgehead atoms. The molecule has 2 fully saturated rings. The molecule has 0 saturated carbocycles. The summed E-state index contributed by atoms with van der Waals surface area (Å²) < 4.78 is 11.1. The molecule has 1 unspecified atom stereocenters. The lowest BCUT2D eigenvalue weighted by molar-refractivity contribution is -0.129. The van der Waals surface area contributed by atoms with E-state index in [1.165, 1.54) is 4.90 Å². The van der Waals surface area contributed by atoms with Crippen LogP contribution in [0.15, 0.2) is 24.3 Å². The maximum absolute atomic E-state index is 13.1. The average Bonchev–Trinajstić information content (AvgIpc) is 3.34. The molecule has 3 rings (SSSR count). The summed E-state index contributed by atoms with van der Waals surface area (Å²) in [6.07, 6.45) is 0.742. The Bertz CT molecular complexity index is 880. The number of halogens is 1. The summed E-state index contributed by atoms with van der Waals surface area (Å²) in [5.74, 6) is -0.189. The molecule has 2 saturated heterocycles. The summed E-state index contributed by atoms with van der Waals surface area (Å²) in [5, 5.41) is 5.97. The third-order valence-electron chi connectivity index (χ3n) is 5.70. The fourth-order valence-electron chi connectivity index (χ4n) is 4.05. The number of nitrogens with one attached hydrogen (secondary N) is 2. The third kappa shape index (κ3) is 6.83. The molecule has 0 radical (unpaired) electrons. The van der Waals surface area contributed by atoms with Crippen molar-refractivity contribution in [3.8, 4) is 5.75 Å². The molecule has 0 aliphatic carbocycles. The summed E-state index contributed by atoms with van der Waals surface area (Å²) in [6.45, 7) is 4.76. The Morgan fingerprint density at radius 3 is 2.82 bits per heavy atom. The van der Waals surface area contributed by atoms with Gasteiger partial charge in [-0.15, -0.1) is 0 Å². The van der Waals surface area contributed by atoms with Crippen LogP contribution in [0.3, 0.4) is 0 Å². The van der Waals surface area contributed by atoms with Gasteiger partial charge in [0.2, 0.25) is 11.8 Å². The van der Waals surface area contributed by atoms with Gasteiger partial charge >= 0.3 is 6.09 Å². The zero-order chi connectivity index (χ0) is 24.0. The van der Waals surface area contributed by atoms with Gasteiger partial charge in [-0.25, -0.2) is 4.79 Å². The first kappa shape index (κ1) is 24.8. The highest BCUT2D eigenvalue weighted by Crippen LogP contribution is 2.23. The molecule has 0 spiro atoms. The minimum Gasteiger partial charge on any atom is -0.490 e. The summed E-state index contributed by atoms with van der Waals surface area (Å²) in [4.78, 5) is 50.5. The number of carbonyl (C=O) groups is 4. The molecule has 2 heterocycles. The molecule has 10 heteroatoms. The maximum atomic E-state index is 13.1. The molecule has 0 aromatic heterocycles. The topological polar surface area (TPSA) is 114 Å². The van der Waals surface area contributed by atoms with Gasteiger partial charge in [-0.3, -0.25) is 14.5 Å². The van der Waals surface area contributed by atoms with Crippen LogP contribution in [0.5, 0.6) is 5.75 Å². The number of hydrogen-bond acceptors (Lipinski definition) is 6. The Morgan fingerprint density at radius 2 is 2.18 bits per heavy atom. The Balaban J connectivity index is 1.61. The third-order valence-corrected chi connectivity index (χ3v) is 5.94. The van der Waals surface area contributed by atoms with Crippen molar-refractivity contribution in [1.82, 2.24) is 15.5 Å². The lowest BCUT2D eigenvalue weighted by atomic mass is 9.97. The molecule has 2 N–H and O–H groups in total. The molecule has 180 valence electrons. The summed E-state index contributed by atoms with van der Waals surface area (Å²) in [5.41, 5.74) is 0. The Kier molecular flexibility index (Phi) is 8.55. The molecule has 3 amide bonds. The van der Waals surface area contributed by atoms with E-state index in [1.54, 1.807) is 24.3 Å². The standard InChI is InChI=1S/C23H30ClN3O6/c1-14(2)8-20(22(30)26-17(12-28)9-15-6-7-25-21(15)29)27-11-19(33-23(27)31)13-32-18-5-3-4-16(24)10-18/h3-5,10,12,14-15,17,19-20H,6-9,11,13H2,1-2H3,(H,25,29)(H,26,30)/t15-,17-,19?,20-/m0/s1. The van der Waals surface area contributed by atoms with Crippen LogP contribution in [0.1, 0.15) is 33.1 Å². The SMILES string of the molecule is CC(C)C[C@@H](C(=O)N[C@H](C=O)C[C@@H]1CCNC1=O)N1CC(COc2cccc(Cl)c2)OC1=O. The van der Waals surface area contributed by atoms with Crippen molar-refractivity contribution in [2.24, 2.45) is 11.8 Å². The fraction of sp³-hybridized carbons (Fsp3) is 0.565. The number of rotatable bonds is 11. The highest BCUT2D eigenvalue weighted by atomic mass is 35.5. The van der Waals surface area contributed by atoms with Gasteiger partial charge in [0.25, 0.3) is 0 Å². The van der Waals surface area contributed by atoms with Crippen molar-refractivity contribution in [3.63, 3.8) is 0 Å². The minimum absolute atomic E-state index is 0.111. The van der Waals surface area contributed by atoms with Gasteiger partial charge < -0.3 is 24.9 Å². The lowest BCUT2D eigenvalue weighted by Crippen LogP contribution is -2.51. The van der Waals surface area contributed by atoms with E-state index in [0.29, 0.717) is 36.4 Å². The monoisotopic (exact) mass is 479 g/mol. The van der Waals surface area contributed by atoms with Gasteiger partial charge in [-0.1, -0.05) is 31.5 Å². The number of benzene rings is 1. The van der Waals surface area contributed by atoms with E-state index in [9.17, 15) is 19.2 Å². The molecular formula is C23H30ClN3O6. The Morgan fingerprint density at radius 1 is 1.39 bits per heavy atom. The number of ether oxygens (including phenoxy) is 2. The second-order valence-electron chi connectivity index (χ2n) is 8.84. The second kappa shape index (κ2) is 11.4. The maximum Gasteiger partial charge on any atom is 0.411 e. The van der Waals surface area contributed by atoms with E-state index < -0.39 is 30.2 Å². The smallest absolute Gasteiger partial charge is 0.411 e. The minimum atomic E-state index is -0.804. The highest BCUT2D eigenvalue weighted by Gasteiger charge is 2.40. The predicted octanol–water partition coefficient (Wildman–Crippen LogP) is 2.16. The van der Waals surface area contributed by atoms with Crippen LogP contribution in [0.4, 0.5) is 4.79 Å². The number of amides is 3. The lowest BCUT2D eigenvalue weighted by Gasteiger charge is -2.28. The molecule has 1 aromatic rings. The number of carbonyl (C=O) groups excluding carboxylic acids is 4. The van der Waals surface area contributed by atoms with Gasteiger partial charge in [0.15, 0.2) is 6.10 Å². The Labute approximate surface area is 198 Å². The molecule has 33 heavy (non-hydrogen) atoms. The van der Waals surface area contributed by atoms with Crippen molar-refractivity contribution < 1.29 is 28.7 Å². The molecule has 2 aliphatic heterocycles. The summed E-state index contributed by atoms with van der Waals surface area (Å²) in [7, 11) is 0. The normalized spacial score (nSPS) is 22.0. The van der Waals surface area contributed by atoms with Gasteiger partial charge in [-0.05, 0) is 43.4 Å². The second-order valence-corrected chi connectivity index (χ2v) is 9.27. The van der Waals surface area contributed by atoms with E-state index in [2.05, 4.69) is 10.6 Å². The van der Waals surface area contributed by atoms with Crippen LogP contribution in [0, 0.1) is 11.8 Å². The zero-order valence-corrected chi connectivity index (χ0v) is 19.5. The largest absolute Gasteiger partial charge is 0.490 e. The van der Waals surface area contributed by atoms with E-state index in [4.69, 9.17) is 21.1 Å². The number of cyclic esters (lactones) is 1. The fourth-order valence-corrected chi connectivity index (χ4v) is 4.24. The zero-order valence-electron chi connectivity index (χ0n) is 18.8. The van der Waals surface area contributed by atoms with Crippen molar-refractivity contribution in [1.29, 1.82) is 0 Å². The van der Waals surface area contributed by atoms with Crippen LogP contribution in [0.25, 0.3) is 0 Å². The van der Waals surface area contributed by atoms with Gasteiger partial charge in [0.1, 0.15) is 24.7 Å². The molecule has 1 aromatic carbocycles. The summed E-state index contributed by atoms with van der Waals surface area (Å²) >= 11 is 5.96. The Hall–Kier alpha value is -2.81. The van der Waals surface area contributed by atoms with Crippen molar-refractivity contribution >= 4 is 35.8 Å². The van der Waals surface area contributed by atoms with Crippen molar-refractivity contribution in [3.05, 3.63) is 29.3 Å². The first-order chi connectivity index (χ1) is 15.8. The van der Waals surface area contributed by atoms with Crippen LogP contribution in [-0.4, -0.2) is 67.0 Å². The first-order valence-electron chi connectivity index (χ1n) is 11.2. The quantitative estimate of drug-likeness (QED) is 0.470. The summed E-state index contributed by atoms with van der Waals surface area (Å²) in [6, 6.07) is 5.29. The highest BCUT2D eigenvalue weighted by molar-refractivity contribution is 6.30. The number of aldehydes is 1. The van der Waals surface area contributed by atoms with Crippen LogP contribution in [0.2, 0.25) is 5.02 Å². The molecule has 2 aliphatic rings. The number of nitrogens with zero attached hydrogens (tertiary/aromatic N) is 1. The molecule has 9 nitrogen and oxygen atoms in total. The van der Waals surface area contributed by atoms with Crippen molar-refractivity contribution in [2.75, 3.05) is 19.7 Å². The number of hydrogen-bond donors (Lipinski definition) is 2. The molecular weight excluding hydrogens is 450 g/mol. The van der Waals surface area contributed by atoms with Gasteiger partial charge in [0, 0.05) is 17.5 Å². The van der Waals surface area contributed by atoms with Crippen LogP contribution < -0.4 is 15.4 Å². The predicted molar refractivity (Wildman–Crippen MR) is 121 cm³/mol. The van der Waals surface area contributed by atoms with E-state index >= 15 is 0 Å². The van der Waals surface area contributed by atoms with E-state index in [0.717, 1.165) is 0 Å². The van der Waals surface area contributed by atoms with Gasteiger partial charge in [0.05, 0.1) is 12.6 Å². The van der Waals surface area contributed by atoms with Crippen LogP contribution in [-0.2, 0) is 19.1 Å².